The molecule has 0 amide bonds. The van der Waals surface area contributed by atoms with E-state index in [1.165, 1.54) is 32.9 Å². The Labute approximate surface area is 221 Å². The van der Waals surface area contributed by atoms with Crippen LogP contribution in [0, 0.1) is 13.8 Å². The van der Waals surface area contributed by atoms with Crippen molar-refractivity contribution in [2.45, 2.75) is 22.3 Å². The summed E-state index contributed by atoms with van der Waals surface area (Å²) in [5, 5.41) is 6.27. The summed E-state index contributed by atoms with van der Waals surface area (Å²) in [5.41, 5.74) is 8.83. The van der Waals surface area contributed by atoms with Crippen molar-refractivity contribution in [3.8, 4) is 0 Å². The van der Waals surface area contributed by atoms with Gasteiger partial charge in [-0.25, -0.2) is 0 Å². The predicted molar refractivity (Wildman–Crippen MR) is 153 cm³/mol. The van der Waals surface area contributed by atoms with E-state index in [-0.39, 0.29) is 19.2 Å². The molecular weight excluding hydrogens is 494 g/mol. The first-order valence-corrected chi connectivity index (χ1v) is 16.0. The monoisotopic (exact) mass is 522 g/mol. The van der Waals surface area contributed by atoms with E-state index in [0.29, 0.717) is 8.45 Å². The first kappa shape index (κ1) is 23.3. The third-order valence-electron chi connectivity index (χ3n) is 7.04. The molecule has 4 unspecified atom stereocenters. The molecule has 0 radical (unpaired) electrons. The summed E-state index contributed by atoms with van der Waals surface area (Å²) in [4.78, 5) is 0. The fourth-order valence-corrected chi connectivity index (χ4v) is 11.8. The number of benzene rings is 4. The summed E-state index contributed by atoms with van der Waals surface area (Å²) in [6.07, 6.45) is 5.03. The van der Waals surface area contributed by atoms with Crippen LogP contribution in [0.4, 0.5) is 0 Å². The van der Waals surface area contributed by atoms with Gasteiger partial charge in [-0.1, -0.05) is 0 Å². The standard InChI is InChI=1S/2C16H14P.Ti/c2*1-12-6-2-5-9-16(12)17-15-10-13-7-3-4-8-14(13)11-15;/h2*2-11,17H,1H3;. The predicted octanol–water partition coefficient (Wildman–Crippen LogP) is 7.89. The Kier molecular flexibility index (Phi) is 6.75. The van der Waals surface area contributed by atoms with Gasteiger partial charge < -0.3 is 0 Å². The van der Waals surface area contributed by atoms with Crippen molar-refractivity contribution in [2.75, 3.05) is 0 Å². The SMILES string of the molecule is Cc1ccccc1PC1=Cc2ccccc2[CH]1[Ti][CH]1C(Pc2ccccc2C)=Cc2ccccc21. The molecule has 0 saturated heterocycles. The van der Waals surface area contributed by atoms with Crippen LogP contribution in [-0.2, 0) is 19.2 Å². The van der Waals surface area contributed by atoms with E-state index in [1.807, 2.05) is 0 Å². The van der Waals surface area contributed by atoms with Crippen LogP contribution in [0.3, 0.4) is 0 Å². The molecule has 0 aromatic heterocycles. The van der Waals surface area contributed by atoms with E-state index in [0.717, 1.165) is 17.2 Å². The van der Waals surface area contributed by atoms with E-state index in [9.17, 15) is 0 Å². The van der Waals surface area contributed by atoms with Gasteiger partial charge in [0.1, 0.15) is 0 Å². The molecule has 0 spiro atoms. The van der Waals surface area contributed by atoms with Gasteiger partial charge in [-0.3, -0.25) is 0 Å². The molecule has 4 aromatic rings. The summed E-state index contributed by atoms with van der Waals surface area (Å²) in [6.45, 7) is 4.52. The maximum atomic E-state index is 2.52. The van der Waals surface area contributed by atoms with Crippen LogP contribution < -0.4 is 10.6 Å². The molecule has 0 saturated carbocycles. The Morgan fingerprint density at radius 2 is 0.914 bits per heavy atom. The van der Waals surface area contributed by atoms with Crippen molar-refractivity contribution in [3.63, 3.8) is 0 Å². The first-order chi connectivity index (χ1) is 17.2. The normalized spacial score (nSPS) is 18.7. The van der Waals surface area contributed by atoms with E-state index < -0.39 is 0 Å². The van der Waals surface area contributed by atoms with Crippen molar-refractivity contribution in [2.24, 2.45) is 0 Å². The summed E-state index contributed by atoms with van der Waals surface area (Å²) in [7, 11) is 1.50. The molecule has 4 aromatic carbocycles. The van der Waals surface area contributed by atoms with Crippen molar-refractivity contribution in [1.82, 2.24) is 0 Å². The topological polar surface area (TPSA) is 0 Å². The second kappa shape index (κ2) is 10.1. The molecule has 170 valence electrons. The Bertz CT molecular complexity index is 1350. The van der Waals surface area contributed by atoms with Crippen molar-refractivity contribution in [3.05, 3.63) is 141 Å². The Hall–Kier alpha value is -2.07. The zero-order chi connectivity index (χ0) is 23.8. The number of aryl methyl sites for hydroxylation is 2. The second-order valence-corrected chi connectivity index (χ2v) is 14.4. The Morgan fingerprint density at radius 3 is 1.37 bits per heavy atom. The van der Waals surface area contributed by atoms with Crippen LogP contribution >= 0.6 is 17.2 Å². The first-order valence-electron chi connectivity index (χ1n) is 12.2. The van der Waals surface area contributed by atoms with Crippen molar-refractivity contribution < 1.29 is 19.2 Å². The average Bonchev–Trinajstić information content (AvgIpc) is 3.40. The summed E-state index contributed by atoms with van der Waals surface area (Å²) < 4.78 is 1.18. The molecule has 0 aliphatic heterocycles. The van der Waals surface area contributed by atoms with Gasteiger partial charge in [-0.15, -0.1) is 0 Å². The van der Waals surface area contributed by atoms with Gasteiger partial charge in [-0.2, -0.15) is 0 Å². The molecule has 0 heterocycles. The molecule has 6 rings (SSSR count). The number of allylic oxidation sites excluding steroid dienone is 2. The number of fused-ring (bicyclic) bond motifs is 2. The molecule has 0 N–H and O–H groups in total. The van der Waals surface area contributed by atoms with Crippen LogP contribution in [0.15, 0.2) is 108 Å². The Balaban J connectivity index is 1.36. The van der Waals surface area contributed by atoms with Crippen molar-refractivity contribution >= 4 is 39.9 Å². The molecule has 2 aliphatic rings. The zero-order valence-electron chi connectivity index (χ0n) is 20.0. The third-order valence-corrected chi connectivity index (χ3v) is 14.0. The summed E-state index contributed by atoms with van der Waals surface area (Å²) in [6, 6.07) is 36.2. The summed E-state index contributed by atoms with van der Waals surface area (Å²) >= 11 is -0.360. The molecule has 4 atom stereocenters. The van der Waals surface area contributed by atoms with E-state index >= 15 is 0 Å². The molecule has 3 heteroatoms. The quantitative estimate of drug-likeness (QED) is 0.179. The third kappa shape index (κ3) is 4.71. The Morgan fingerprint density at radius 1 is 0.514 bits per heavy atom. The van der Waals surface area contributed by atoms with E-state index in [4.69, 9.17) is 0 Å². The fourth-order valence-electron chi connectivity index (χ4n) is 5.13. The molecule has 0 nitrogen and oxygen atoms in total. The van der Waals surface area contributed by atoms with Crippen LogP contribution in [0.1, 0.15) is 41.8 Å². The van der Waals surface area contributed by atoms with Gasteiger partial charge in [0.05, 0.1) is 0 Å². The zero-order valence-corrected chi connectivity index (χ0v) is 23.6. The average molecular weight is 522 g/mol. The van der Waals surface area contributed by atoms with Crippen LogP contribution in [-0.4, -0.2) is 0 Å². The van der Waals surface area contributed by atoms with E-state index in [2.05, 4.69) is 123 Å². The maximum absolute atomic E-state index is 2.52. The van der Waals surface area contributed by atoms with Gasteiger partial charge in [-0.05, 0) is 0 Å². The minimum absolute atomic E-state index is 0.360. The van der Waals surface area contributed by atoms with Crippen LogP contribution in [0.5, 0.6) is 0 Å². The number of hydrogen-bond donors (Lipinski definition) is 0. The number of hydrogen-bond acceptors (Lipinski definition) is 0. The molecule has 0 bridgehead atoms. The van der Waals surface area contributed by atoms with Crippen molar-refractivity contribution in [1.29, 1.82) is 0 Å². The van der Waals surface area contributed by atoms with Crippen LogP contribution in [0.25, 0.3) is 12.2 Å². The summed E-state index contributed by atoms with van der Waals surface area (Å²) in [5.74, 6) is 0. The van der Waals surface area contributed by atoms with Gasteiger partial charge in [0, 0.05) is 0 Å². The number of rotatable bonds is 6. The minimum atomic E-state index is -0.360. The molecule has 0 fully saturated rings. The molecule has 2 aliphatic carbocycles. The molecular formula is C32H28P2Ti. The fraction of sp³-hybridized carbons (Fsp3) is 0.125. The van der Waals surface area contributed by atoms with Gasteiger partial charge >= 0.3 is 222 Å². The second-order valence-electron chi connectivity index (χ2n) is 9.37. The van der Waals surface area contributed by atoms with Gasteiger partial charge in [0.2, 0.25) is 0 Å². The van der Waals surface area contributed by atoms with Gasteiger partial charge in [0.25, 0.3) is 0 Å². The van der Waals surface area contributed by atoms with Gasteiger partial charge in [0.15, 0.2) is 0 Å². The van der Waals surface area contributed by atoms with E-state index in [1.54, 1.807) is 21.8 Å². The molecule has 35 heavy (non-hydrogen) atoms. The van der Waals surface area contributed by atoms with Crippen LogP contribution in [0.2, 0.25) is 0 Å².